The van der Waals surface area contributed by atoms with E-state index in [-0.39, 0.29) is 25.5 Å². The monoisotopic (exact) mass is 412 g/mol. The fourth-order valence-corrected chi connectivity index (χ4v) is 3.32. The van der Waals surface area contributed by atoms with Crippen LogP contribution in [0.2, 0.25) is 0 Å². The third-order valence-corrected chi connectivity index (χ3v) is 4.81. The number of esters is 1. The summed E-state index contributed by atoms with van der Waals surface area (Å²) < 4.78 is 18.1. The Labute approximate surface area is 173 Å². The van der Waals surface area contributed by atoms with E-state index < -0.39 is 29.6 Å². The Bertz CT molecular complexity index is 972. The highest BCUT2D eigenvalue weighted by Crippen LogP contribution is 2.27. The molecule has 3 amide bonds. The minimum absolute atomic E-state index is 0.0783. The van der Waals surface area contributed by atoms with Crippen molar-refractivity contribution in [2.75, 3.05) is 11.5 Å². The largest absolute Gasteiger partial charge is 0.462 e. The van der Waals surface area contributed by atoms with Crippen molar-refractivity contribution in [3.8, 4) is 0 Å². The lowest BCUT2D eigenvalue weighted by atomic mass is 10.1. The molecule has 8 heteroatoms. The average Bonchev–Trinajstić information content (AvgIpc) is 3.01. The topological polar surface area (TPSA) is 84.0 Å². The second kappa shape index (κ2) is 8.86. The van der Waals surface area contributed by atoms with E-state index in [4.69, 9.17) is 4.74 Å². The van der Waals surface area contributed by atoms with Crippen molar-refractivity contribution in [1.82, 2.24) is 4.90 Å². The Hall–Kier alpha value is -3.55. The van der Waals surface area contributed by atoms with Crippen LogP contribution in [0.1, 0.15) is 36.2 Å². The number of nitrogens with zero attached hydrogens (tertiary/aromatic N) is 2. The Kier molecular flexibility index (Phi) is 6.25. The molecule has 1 aliphatic rings. The Morgan fingerprint density at radius 1 is 1.10 bits per heavy atom. The first kappa shape index (κ1) is 21.2. The molecule has 2 aromatic carbocycles. The predicted octanol–water partition coefficient (Wildman–Crippen LogP) is 2.68. The summed E-state index contributed by atoms with van der Waals surface area (Å²) in [6.07, 6.45) is -0.154. The van der Waals surface area contributed by atoms with Crippen LogP contribution in [0.25, 0.3) is 0 Å². The van der Waals surface area contributed by atoms with Crippen LogP contribution < -0.4 is 4.90 Å². The molecule has 1 fully saturated rings. The van der Waals surface area contributed by atoms with Crippen LogP contribution in [0.3, 0.4) is 0 Å². The van der Waals surface area contributed by atoms with Gasteiger partial charge in [-0.15, -0.1) is 0 Å². The quantitative estimate of drug-likeness (QED) is 0.538. The van der Waals surface area contributed by atoms with E-state index in [1.54, 1.807) is 6.92 Å². The van der Waals surface area contributed by atoms with Gasteiger partial charge in [0.1, 0.15) is 11.9 Å². The summed E-state index contributed by atoms with van der Waals surface area (Å²) >= 11 is 0. The van der Waals surface area contributed by atoms with E-state index in [0.717, 1.165) is 4.90 Å². The summed E-state index contributed by atoms with van der Waals surface area (Å²) in [4.78, 5) is 51.9. The lowest BCUT2D eigenvalue weighted by Gasteiger charge is -2.26. The molecule has 0 aromatic heterocycles. The predicted molar refractivity (Wildman–Crippen MR) is 106 cm³/mol. The molecular formula is C22H21FN2O5. The molecule has 1 aliphatic heterocycles. The summed E-state index contributed by atoms with van der Waals surface area (Å²) in [5.41, 5.74) is 1.26. The number of amides is 3. The zero-order valence-corrected chi connectivity index (χ0v) is 16.6. The van der Waals surface area contributed by atoms with E-state index >= 15 is 0 Å². The number of halogens is 1. The van der Waals surface area contributed by atoms with E-state index in [1.165, 1.54) is 60.4 Å². The van der Waals surface area contributed by atoms with Crippen molar-refractivity contribution in [3.05, 3.63) is 65.5 Å². The Morgan fingerprint density at radius 3 is 2.30 bits per heavy atom. The molecule has 156 valence electrons. The molecule has 0 radical (unpaired) electrons. The minimum atomic E-state index is -0.954. The zero-order valence-electron chi connectivity index (χ0n) is 16.6. The number of rotatable bonds is 6. The van der Waals surface area contributed by atoms with Gasteiger partial charge in [-0.25, -0.2) is 14.1 Å². The summed E-state index contributed by atoms with van der Waals surface area (Å²) in [6.45, 7) is 3.33. The van der Waals surface area contributed by atoms with Crippen molar-refractivity contribution in [3.63, 3.8) is 0 Å². The maximum Gasteiger partial charge on any atom is 0.338 e. The molecule has 1 saturated heterocycles. The summed E-state index contributed by atoms with van der Waals surface area (Å²) in [7, 11) is 0. The maximum absolute atomic E-state index is 13.1. The molecule has 0 spiro atoms. The number of ether oxygens (including phenoxy) is 1. The maximum atomic E-state index is 13.1. The summed E-state index contributed by atoms with van der Waals surface area (Å²) in [6, 6.07) is 10.6. The number of hydrogen-bond donors (Lipinski definition) is 0. The van der Waals surface area contributed by atoms with Gasteiger partial charge in [0.05, 0.1) is 24.3 Å². The smallest absolute Gasteiger partial charge is 0.338 e. The molecule has 0 saturated carbocycles. The number of carbonyl (C=O) groups excluding carboxylic acids is 4. The van der Waals surface area contributed by atoms with Crippen LogP contribution in [0.4, 0.5) is 10.1 Å². The lowest BCUT2D eigenvalue weighted by molar-refractivity contribution is -0.137. The third kappa shape index (κ3) is 4.37. The first-order chi connectivity index (χ1) is 14.3. The number of hydrogen-bond acceptors (Lipinski definition) is 5. The number of imide groups is 1. The number of carbonyl (C=O) groups is 4. The van der Waals surface area contributed by atoms with Gasteiger partial charge in [0, 0.05) is 13.5 Å². The van der Waals surface area contributed by atoms with Crippen molar-refractivity contribution in [2.24, 2.45) is 0 Å². The van der Waals surface area contributed by atoms with Crippen LogP contribution in [0, 0.1) is 5.82 Å². The molecule has 0 N–H and O–H groups in total. The highest BCUT2D eigenvalue weighted by atomic mass is 19.1. The van der Waals surface area contributed by atoms with Crippen LogP contribution >= 0.6 is 0 Å². The Morgan fingerprint density at radius 2 is 1.73 bits per heavy atom. The van der Waals surface area contributed by atoms with Gasteiger partial charge in [-0.1, -0.05) is 12.1 Å². The first-order valence-corrected chi connectivity index (χ1v) is 9.47. The highest BCUT2D eigenvalue weighted by Gasteiger charge is 2.43. The Balaban J connectivity index is 1.80. The fourth-order valence-electron chi connectivity index (χ4n) is 3.32. The van der Waals surface area contributed by atoms with Crippen LogP contribution in [-0.2, 0) is 25.7 Å². The van der Waals surface area contributed by atoms with E-state index in [1.807, 2.05) is 0 Å². The van der Waals surface area contributed by atoms with Crippen LogP contribution in [-0.4, -0.2) is 41.2 Å². The average molecular weight is 412 g/mol. The van der Waals surface area contributed by atoms with Gasteiger partial charge in [0.15, 0.2) is 0 Å². The molecule has 1 heterocycles. The summed E-state index contributed by atoms with van der Waals surface area (Å²) in [5.74, 6) is -2.24. The normalized spacial score (nSPS) is 16.0. The SMILES string of the molecule is CCOC(=O)c1ccc(N2C(=O)CC(N(Cc3ccc(F)cc3)C(C)=O)C2=O)cc1. The van der Waals surface area contributed by atoms with Gasteiger partial charge >= 0.3 is 5.97 Å². The van der Waals surface area contributed by atoms with E-state index in [2.05, 4.69) is 0 Å². The minimum Gasteiger partial charge on any atom is -0.462 e. The third-order valence-electron chi connectivity index (χ3n) is 4.81. The fraction of sp³-hybridized carbons (Fsp3) is 0.273. The molecule has 0 bridgehead atoms. The van der Waals surface area contributed by atoms with E-state index in [0.29, 0.717) is 16.8 Å². The van der Waals surface area contributed by atoms with Crippen molar-refractivity contribution in [1.29, 1.82) is 0 Å². The lowest BCUT2D eigenvalue weighted by Crippen LogP contribution is -2.44. The second-order valence-corrected chi connectivity index (χ2v) is 6.83. The van der Waals surface area contributed by atoms with Crippen molar-refractivity contribution < 1.29 is 28.3 Å². The van der Waals surface area contributed by atoms with Gasteiger partial charge in [0.2, 0.25) is 11.8 Å². The van der Waals surface area contributed by atoms with Gasteiger partial charge < -0.3 is 9.64 Å². The van der Waals surface area contributed by atoms with Crippen LogP contribution in [0.5, 0.6) is 0 Å². The van der Waals surface area contributed by atoms with Gasteiger partial charge in [-0.05, 0) is 48.9 Å². The standard InChI is InChI=1S/C22H21FN2O5/c1-3-30-22(29)16-6-10-18(11-7-16)25-20(27)12-19(21(25)28)24(14(2)26)13-15-4-8-17(23)9-5-15/h4-11,19H,3,12-13H2,1-2H3. The van der Waals surface area contributed by atoms with Gasteiger partial charge in [-0.3, -0.25) is 14.4 Å². The summed E-state index contributed by atoms with van der Waals surface area (Å²) in [5, 5.41) is 0. The number of benzene rings is 2. The molecule has 30 heavy (non-hydrogen) atoms. The van der Waals surface area contributed by atoms with Gasteiger partial charge in [-0.2, -0.15) is 0 Å². The number of anilines is 1. The van der Waals surface area contributed by atoms with Gasteiger partial charge in [0.25, 0.3) is 5.91 Å². The molecular weight excluding hydrogens is 391 g/mol. The molecule has 7 nitrogen and oxygen atoms in total. The van der Waals surface area contributed by atoms with E-state index in [9.17, 15) is 23.6 Å². The van der Waals surface area contributed by atoms with Crippen molar-refractivity contribution >= 4 is 29.4 Å². The highest BCUT2D eigenvalue weighted by molar-refractivity contribution is 6.23. The van der Waals surface area contributed by atoms with Crippen LogP contribution in [0.15, 0.2) is 48.5 Å². The second-order valence-electron chi connectivity index (χ2n) is 6.83. The molecule has 0 aliphatic carbocycles. The van der Waals surface area contributed by atoms with Crippen molar-refractivity contribution in [2.45, 2.75) is 32.9 Å². The first-order valence-electron chi connectivity index (χ1n) is 9.47. The molecule has 2 aromatic rings. The molecule has 1 unspecified atom stereocenters. The molecule has 3 rings (SSSR count). The zero-order chi connectivity index (χ0) is 21.8. The molecule has 1 atom stereocenters.